The Morgan fingerprint density at radius 2 is 2.32 bits per heavy atom. The summed E-state index contributed by atoms with van der Waals surface area (Å²) in [4.78, 5) is 1.17. The highest BCUT2D eigenvalue weighted by Gasteiger charge is 2.19. The van der Waals surface area contributed by atoms with Crippen LogP contribution < -0.4 is 11.3 Å². The molecule has 0 saturated heterocycles. The first kappa shape index (κ1) is 15.0. The van der Waals surface area contributed by atoms with E-state index in [4.69, 9.17) is 17.4 Å². The van der Waals surface area contributed by atoms with Crippen LogP contribution in [0.2, 0.25) is 5.02 Å². The number of aryl methyl sites for hydroxylation is 2. The lowest BCUT2D eigenvalue weighted by Crippen LogP contribution is -2.29. The van der Waals surface area contributed by atoms with E-state index in [2.05, 4.69) is 32.5 Å². The number of nitrogens with two attached hydrogens (primary N) is 1. The van der Waals surface area contributed by atoms with Crippen molar-refractivity contribution in [2.75, 3.05) is 0 Å². The first-order valence-electron chi connectivity index (χ1n) is 5.98. The minimum atomic E-state index is 0.0360. The van der Waals surface area contributed by atoms with Crippen molar-refractivity contribution in [3.63, 3.8) is 0 Å². The number of thiophene rings is 1. The SMILES string of the molecule is CCc1nn(C)c(CC(NN)c2ccc(Br)s2)c1Cl. The van der Waals surface area contributed by atoms with Crippen molar-refractivity contribution >= 4 is 38.9 Å². The maximum absolute atomic E-state index is 6.37. The fourth-order valence-electron chi connectivity index (χ4n) is 1.99. The lowest BCUT2D eigenvalue weighted by molar-refractivity contribution is 0.537. The molecular weight excluding hydrogens is 348 g/mol. The van der Waals surface area contributed by atoms with Crippen LogP contribution in [-0.2, 0) is 19.9 Å². The van der Waals surface area contributed by atoms with Crippen molar-refractivity contribution in [3.8, 4) is 0 Å². The second-order valence-electron chi connectivity index (χ2n) is 4.25. The van der Waals surface area contributed by atoms with Gasteiger partial charge in [0.25, 0.3) is 0 Å². The molecule has 0 radical (unpaired) electrons. The van der Waals surface area contributed by atoms with Crippen molar-refractivity contribution in [1.29, 1.82) is 0 Å². The number of hydrogen-bond donors (Lipinski definition) is 2. The number of nitrogens with one attached hydrogen (secondary N) is 1. The van der Waals surface area contributed by atoms with Crippen LogP contribution >= 0.6 is 38.9 Å². The predicted molar refractivity (Wildman–Crippen MR) is 83.4 cm³/mol. The molecule has 0 fully saturated rings. The summed E-state index contributed by atoms with van der Waals surface area (Å²) < 4.78 is 2.93. The molecule has 0 spiro atoms. The maximum atomic E-state index is 6.37. The van der Waals surface area contributed by atoms with E-state index < -0.39 is 0 Å². The van der Waals surface area contributed by atoms with Gasteiger partial charge in [-0.15, -0.1) is 11.3 Å². The Morgan fingerprint density at radius 3 is 2.79 bits per heavy atom. The van der Waals surface area contributed by atoms with Gasteiger partial charge < -0.3 is 0 Å². The fraction of sp³-hybridized carbons (Fsp3) is 0.417. The number of rotatable bonds is 5. The fourth-order valence-corrected chi connectivity index (χ4v) is 3.85. The average molecular weight is 364 g/mol. The summed E-state index contributed by atoms with van der Waals surface area (Å²) in [5.74, 6) is 5.67. The summed E-state index contributed by atoms with van der Waals surface area (Å²) in [6.07, 6.45) is 1.55. The quantitative estimate of drug-likeness (QED) is 0.633. The zero-order valence-electron chi connectivity index (χ0n) is 10.8. The van der Waals surface area contributed by atoms with Gasteiger partial charge in [0.2, 0.25) is 0 Å². The Morgan fingerprint density at radius 1 is 1.58 bits per heavy atom. The molecule has 2 heterocycles. The van der Waals surface area contributed by atoms with Gasteiger partial charge in [0.1, 0.15) is 0 Å². The van der Waals surface area contributed by atoms with Gasteiger partial charge in [-0.2, -0.15) is 5.10 Å². The van der Waals surface area contributed by atoms with Gasteiger partial charge >= 0.3 is 0 Å². The van der Waals surface area contributed by atoms with Crippen LogP contribution in [-0.4, -0.2) is 9.78 Å². The smallest absolute Gasteiger partial charge is 0.0850 e. The largest absolute Gasteiger partial charge is 0.271 e. The molecule has 0 saturated carbocycles. The topological polar surface area (TPSA) is 55.9 Å². The van der Waals surface area contributed by atoms with Crippen LogP contribution in [0.3, 0.4) is 0 Å². The molecule has 0 bridgehead atoms. The van der Waals surface area contributed by atoms with Gasteiger partial charge in [-0.05, 0) is 34.5 Å². The molecule has 104 valence electrons. The Hall–Kier alpha value is -0.400. The van der Waals surface area contributed by atoms with Gasteiger partial charge in [0, 0.05) is 18.3 Å². The van der Waals surface area contributed by atoms with Crippen molar-refractivity contribution in [2.45, 2.75) is 25.8 Å². The average Bonchev–Trinajstić information content (AvgIpc) is 2.92. The van der Waals surface area contributed by atoms with Crippen LogP contribution in [0.1, 0.15) is 29.2 Å². The summed E-state index contributed by atoms with van der Waals surface area (Å²) in [5.41, 5.74) is 4.79. The van der Waals surface area contributed by atoms with Crippen molar-refractivity contribution in [3.05, 3.63) is 37.2 Å². The van der Waals surface area contributed by atoms with Gasteiger partial charge in [-0.25, -0.2) is 0 Å². The highest BCUT2D eigenvalue weighted by atomic mass is 79.9. The number of hydrogen-bond acceptors (Lipinski definition) is 4. The van der Waals surface area contributed by atoms with E-state index >= 15 is 0 Å². The van der Waals surface area contributed by atoms with Crippen molar-refractivity contribution in [1.82, 2.24) is 15.2 Å². The minimum Gasteiger partial charge on any atom is -0.271 e. The Bertz CT molecular complexity index is 566. The second kappa shape index (κ2) is 6.37. The van der Waals surface area contributed by atoms with Crippen LogP contribution in [0.4, 0.5) is 0 Å². The molecule has 1 atom stereocenters. The zero-order valence-corrected chi connectivity index (χ0v) is 13.9. The normalized spacial score (nSPS) is 12.9. The molecule has 0 aliphatic rings. The van der Waals surface area contributed by atoms with Crippen LogP contribution in [0, 0.1) is 0 Å². The second-order valence-corrected chi connectivity index (χ2v) is 7.12. The van der Waals surface area contributed by atoms with E-state index in [1.807, 2.05) is 24.7 Å². The monoisotopic (exact) mass is 362 g/mol. The van der Waals surface area contributed by atoms with Crippen LogP contribution in [0.25, 0.3) is 0 Å². The van der Waals surface area contributed by atoms with Gasteiger partial charge in [-0.3, -0.25) is 16.0 Å². The Kier molecular flexibility index (Phi) is 5.03. The zero-order chi connectivity index (χ0) is 14.0. The van der Waals surface area contributed by atoms with E-state index in [9.17, 15) is 0 Å². The lowest BCUT2D eigenvalue weighted by atomic mass is 10.1. The molecule has 2 aromatic rings. The third-order valence-electron chi connectivity index (χ3n) is 3.04. The summed E-state index contributed by atoms with van der Waals surface area (Å²) >= 11 is 11.5. The molecular formula is C12H16BrClN4S. The van der Waals surface area contributed by atoms with E-state index in [0.717, 1.165) is 26.6 Å². The van der Waals surface area contributed by atoms with Crippen molar-refractivity contribution < 1.29 is 0 Å². The number of hydrazine groups is 1. The van der Waals surface area contributed by atoms with E-state index in [1.165, 1.54) is 4.88 Å². The molecule has 0 aliphatic carbocycles. The Labute approximate surface area is 130 Å². The van der Waals surface area contributed by atoms with E-state index in [1.54, 1.807) is 11.3 Å². The van der Waals surface area contributed by atoms with Crippen LogP contribution in [0.15, 0.2) is 15.9 Å². The standard InChI is InChI=1S/C12H16BrClN4S/c1-3-7-12(14)9(18(2)17-7)6-8(16-15)10-4-5-11(13)19-10/h4-5,8,16H,3,6,15H2,1-2H3. The molecule has 2 rings (SSSR count). The Balaban J connectivity index is 2.26. The summed E-state index contributed by atoms with van der Waals surface area (Å²) in [5, 5.41) is 5.18. The third kappa shape index (κ3) is 3.20. The molecule has 0 aromatic carbocycles. The van der Waals surface area contributed by atoms with Gasteiger partial charge in [0.15, 0.2) is 0 Å². The summed E-state index contributed by atoms with van der Waals surface area (Å²) in [7, 11) is 1.91. The maximum Gasteiger partial charge on any atom is 0.0850 e. The molecule has 2 aromatic heterocycles. The first-order chi connectivity index (χ1) is 9.06. The van der Waals surface area contributed by atoms with Crippen LogP contribution in [0.5, 0.6) is 0 Å². The third-order valence-corrected chi connectivity index (χ3v) is 5.21. The molecule has 19 heavy (non-hydrogen) atoms. The van der Waals surface area contributed by atoms with E-state index in [-0.39, 0.29) is 6.04 Å². The van der Waals surface area contributed by atoms with E-state index in [0.29, 0.717) is 6.42 Å². The first-order valence-corrected chi connectivity index (χ1v) is 7.97. The number of nitrogens with zero attached hydrogens (tertiary/aromatic N) is 2. The molecule has 3 N–H and O–H groups in total. The number of halogens is 2. The van der Waals surface area contributed by atoms with Crippen molar-refractivity contribution in [2.24, 2.45) is 12.9 Å². The molecule has 7 heteroatoms. The number of aromatic nitrogens is 2. The molecule has 1 unspecified atom stereocenters. The minimum absolute atomic E-state index is 0.0360. The highest BCUT2D eigenvalue weighted by molar-refractivity contribution is 9.11. The summed E-state index contributed by atoms with van der Waals surface area (Å²) in [6, 6.07) is 4.12. The lowest BCUT2D eigenvalue weighted by Gasteiger charge is -2.14. The molecule has 4 nitrogen and oxygen atoms in total. The van der Waals surface area contributed by atoms with Gasteiger partial charge in [0.05, 0.1) is 26.2 Å². The summed E-state index contributed by atoms with van der Waals surface area (Å²) in [6.45, 7) is 2.05. The molecule has 0 amide bonds. The predicted octanol–water partition coefficient (Wildman–Crippen LogP) is 3.21. The molecule has 0 aliphatic heterocycles. The highest BCUT2D eigenvalue weighted by Crippen LogP contribution is 2.31. The van der Waals surface area contributed by atoms with Gasteiger partial charge in [-0.1, -0.05) is 18.5 Å².